The van der Waals surface area contributed by atoms with Crippen LogP contribution in [0.25, 0.3) is 10.8 Å². The molecule has 0 saturated carbocycles. The Kier molecular flexibility index (Phi) is 8.10. The Morgan fingerprint density at radius 1 is 0.917 bits per heavy atom. The molecule has 1 heterocycles. The zero-order valence-electron chi connectivity index (χ0n) is 19.8. The SMILES string of the molecule is CCOCCOc1ccc2ccc(Oc3ccc(CC(=O)Nc4ccccc4C(=O)O)cn3)cc2c1. The van der Waals surface area contributed by atoms with Crippen molar-refractivity contribution in [3.8, 4) is 17.4 Å². The van der Waals surface area contributed by atoms with E-state index in [9.17, 15) is 14.7 Å². The fourth-order valence-corrected chi connectivity index (χ4v) is 3.57. The third-order valence-corrected chi connectivity index (χ3v) is 5.30. The van der Waals surface area contributed by atoms with Crippen molar-refractivity contribution in [2.45, 2.75) is 13.3 Å². The molecule has 8 nitrogen and oxygen atoms in total. The number of carboxylic acid groups (broad SMARTS) is 1. The van der Waals surface area contributed by atoms with Crippen LogP contribution in [0, 0.1) is 0 Å². The number of nitrogens with zero attached hydrogens (tertiary/aromatic N) is 1. The van der Waals surface area contributed by atoms with Gasteiger partial charge >= 0.3 is 5.97 Å². The van der Waals surface area contributed by atoms with Gasteiger partial charge in [0.1, 0.15) is 18.1 Å². The fourth-order valence-electron chi connectivity index (χ4n) is 3.57. The number of aromatic nitrogens is 1. The van der Waals surface area contributed by atoms with E-state index in [0.717, 1.165) is 16.5 Å². The average molecular weight is 487 g/mol. The number of carbonyl (C=O) groups excluding carboxylic acids is 1. The first-order valence-electron chi connectivity index (χ1n) is 11.5. The maximum Gasteiger partial charge on any atom is 0.337 e. The first kappa shape index (κ1) is 24.7. The highest BCUT2D eigenvalue weighted by atomic mass is 16.5. The van der Waals surface area contributed by atoms with Crippen LogP contribution in [0.1, 0.15) is 22.8 Å². The lowest BCUT2D eigenvalue weighted by Gasteiger charge is -2.10. The van der Waals surface area contributed by atoms with Crippen LogP contribution in [0.2, 0.25) is 0 Å². The summed E-state index contributed by atoms with van der Waals surface area (Å²) in [6.45, 7) is 3.62. The number of anilines is 1. The number of pyridine rings is 1. The number of ether oxygens (including phenoxy) is 3. The van der Waals surface area contributed by atoms with Crippen molar-refractivity contribution in [2.24, 2.45) is 0 Å². The second-order valence-electron chi connectivity index (χ2n) is 7.90. The van der Waals surface area contributed by atoms with E-state index >= 15 is 0 Å². The van der Waals surface area contributed by atoms with Crippen LogP contribution in [0.5, 0.6) is 17.4 Å². The minimum absolute atomic E-state index is 0.0345. The number of hydrogen-bond acceptors (Lipinski definition) is 6. The van der Waals surface area contributed by atoms with E-state index in [1.54, 1.807) is 36.5 Å². The molecule has 4 aromatic rings. The number of rotatable bonds is 11. The van der Waals surface area contributed by atoms with Gasteiger partial charge in [0.2, 0.25) is 11.8 Å². The summed E-state index contributed by atoms with van der Waals surface area (Å²) in [4.78, 5) is 28.0. The first-order chi connectivity index (χ1) is 17.5. The van der Waals surface area contributed by atoms with Gasteiger partial charge in [-0.15, -0.1) is 0 Å². The van der Waals surface area contributed by atoms with Gasteiger partial charge in [0.25, 0.3) is 0 Å². The highest BCUT2D eigenvalue weighted by Gasteiger charge is 2.12. The fraction of sp³-hybridized carbons (Fsp3) is 0.179. The summed E-state index contributed by atoms with van der Waals surface area (Å²) < 4.78 is 16.9. The number of carboxylic acids is 1. The number of para-hydroxylation sites is 1. The molecule has 0 atom stereocenters. The number of hydrogen-bond donors (Lipinski definition) is 2. The maximum absolute atomic E-state index is 12.4. The molecule has 0 saturated heterocycles. The number of amides is 1. The molecule has 1 aromatic heterocycles. The molecule has 184 valence electrons. The molecule has 4 rings (SSSR count). The van der Waals surface area contributed by atoms with Gasteiger partial charge in [-0.2, -0.15) is 0 Å². The largest absolute Gasteiger partial charge is 0.491 e. The van der Waals surface area contributed by atoms with Gasteiger partial charge in [-0.1, -0.05) is 30.3 Å². The van der Waals surface area contributed by atoms with E-state index in [-0.39, 0.29) is 23.6 Å². The van der Waals surface area contributed by atoms with Crippen molar-refractivity contribution in [2.75, 3.05) is 25.1 Å². The normalized spacial score (nSPS) is 10.7. The van der Waals surface area contributed by atoms with Crippen molar-refractivity contribution in [3.05, 3.63) is 90.1 Å². The molecule has 3 aromatic carbocycles. The maximum atomic E-state index is 12.4. The van der Waals surface area contributed by atoms with Gasteiger partial charge in [0.05, 0.1) is 24.3 Å². The zero-order chi connectivity index (χ0) is 25.3. The van der Waals surface area contributed by atoms with Crippen molar-refractivity contribution < 1.29 is 28.9 Å². The van der Waals surface area contributed by atoms with Gasteiger partial charge in [0, 0.05) is 18.9 Å². The second kappa shape index (κ2) is 11.8. The Morgan fingerprint density at radius 2 is 1.69 bits per heavy atom. The number of aromatic carboxylic acids is 1. The molecular formula is C28H26N2O6. The molecule has 8 heteroatoms. The van der Waals surface area contributed by atoms with E-state index in [2.05, 4.69) is 10.3 Å². The monoisotopic (exact) mass is 486 g/mol. The summed E-state index contributed by atoms with van der Waals surface area (Å²) in [5.41, 5.74) is 0.953. The summed E-state index contributed by atoms with van der Waals surface area (Å²) in [7, 11) is 0. The molecule has 2 N–H and O–H groups in total. The molecule has 0 aliphatic rings. The summed E-state index contributed by atoms with van der Waals surface area (Å²) in [6.07, 6.45) is 1.60. The first-order valence-corrected chi connectivity index (χ1v) is 11.5. The molecule has 0 unspecified atom stereocenters. The van der Waals surface area contributed by atoms with E-state index in [1.807, 2.05) is 43.3 Å². The van der Waals surface area contributed by atoms with Crippen LogP contribution in [-0.4, -0.2) is 41.8 Å². The molecule has 0 radical (unpaired) electrons. The number of fused-ring (bicyclic) bond motifs is 1. The molecule has 0 bridgehead atoms. The highest BCUT2D eigenvalue weighted by molar-refractivity contribution is 6.01. The van der Waals surface area contributed by atoms with Gasteiger partial charge in [-0.05, 0) is 59.7 Å². The van der Waals surface area contributed by atoms with Gasteiger partial charge in [-0.25, -0.2) is 9.78 Å². The lowest BCUT2D eigenvalue weighted by molar-refractivity contribution is -0.115. The molecule has 0 aliphatic carbocycles. The van der Waals surface area contributed by atoms with E-state index in [0.29, 0.717) is 37.0 Å². The number of benzene rings is 3. The van der Waals surface area contributed by atoms with Crippen LogP contribution < -0.4 is 14.8 Å². The highest BCUT2D eigenvalue weighted by Crippen LogP contribution is 2.27. The third-order valence-electron chi connectivity index (χ3n) is 5.30. The molecule has 36 heavy (non-hydrogen) atoms. The van der Waals surface area contributed by atoms with E-state index < -0.39 is 5.97 Å². The Labute approximate surface area is 208 Å². The lowest BCUT2D eigenvalue weighted by Crippen LogP contribution is -2.16. The van der Waals surface area contributed by atoms with Crippen molar-refractivity contribution in [1.29, 1.82) is 0 Å². The Balaban J connectivity index is 1.37. The summed E-state index contributed by atoms with van der Waals surface area (Å²) in [5, 5.41) is 13.9. The van der Waals surface area contributed by atoms with Crippen LogP contribution in [0.3, 0.4) is 0 Å². The standard InChI is InChI=1S/C28H26N2O6/c1-2-34-13-14-35-22-10-8-20-9-11-23(17-21(20)16-22)36-27-12-7-19(18-29-27)15-26(31)30-25-6-4-3-5-24(25)28(32)33/h3-12,16-18H,2,13-15H2,1H3,(H,30,31)(H,32,33). The van der Waals surface area contributed by atoms with E-state index in [4.69, 9.17) is 14.2 Å². The number of nitrogens with one attached hydrogen (secondary N) is 1. The molecule has 0 fully saturated rings. The molecular weight excluding hydrogens is 460 g/mol. The second-order valence-corrected chi connectivity index (χ2v) is 7.90. The topological polar surface area (TPSA) is 107 Å². The zero-order valence-corrected chi connectivity index (χ0v) is 19.8. The Bertz CT molecular complexity index is 1350. The third kappa shape index (κ3) is 6.58. The summed E-state index contributed by atoms with van der Waals surface area (Å²) in [5.74, 6) is 0.322. The van der Waals surface area contributed by atoms with Crippen LogP contribution >= 0.6 is 0 Å². The van der Waals surface area contributed by atoms with Crippen LogP contribution in [0.4, 0.5) is 5.69 Å². The van der Waals surface area contributed by atoms with Gasteiger partial charge < -0.3 is 24.6 Å². The minimum atomic E-state index is -1.10. The summed E-state index contributed by atoms with van der Waals surface area (Å²) >= 11 is 0. The minimum Gasteiger partial charge on any atom is -0.491 e. The predicted octanol–water partition coefficient (Wildman–Crippen LogP) is 5.32. The molecule has 0 spiro atoms. The Hall–Kier alpha value is -4.43. The van der Waals surface area contributed by atoms with Crippen molar-refractivity contribution in [3.63, 3.8) is 0 Å². The van der Waals surface area contributed by atoms with Crippen LogP contribution in [0.15, 0.2) is 79.0 Å². The van der Waals surface area contributed by atoms with Crippen molar-refractivity contribution in [1.82, 2.24) is 4.98 Å². The average Bonchev–Trinajstić information content (AvgIpc) is 2.88. The Morgan fingerprint density at radius 3 is 2.44 bits per heavy atom. The quantitative estimate of drug-likeness (QED) is 0.276. The smallest absolute Gasteiger partial charge is 0.337 e. The lowest BCUT2D eigenvalue weighted by atomic mass is 10.1. The summed E-state index contributed by atoms with van der Waals surface area (Å²) in [6, 6.07) is 21.3. The van der Waals surface area contributed by atoms with Crippen LogP contribution in [-0.2, 0) is 16.0 Å². The van der Waals surface area contributed by atoms with Gasteiger partial charge in [-0.3, -0.25) is 4.79 Å². The van der Waals surface area contributed by atoms with Gasteiger partial charge in [0.15, 0.2) is 0 Å². The van der Waals surface area contributed by atoms with Crippen molar-refractivity contribution >= 4 is 28.3 Å². The predicted molar refractivity (Wildman–Crippen MR) is 136 cm³/mol. The molecule has 0 aliphatic heterocycles. The molecule has 1 amide bonds. The van der Waals surface area contributed by atoms with E-state index in [1.165, 1.54) is 6.07 Å². The number of carbonyl (C=O) groups is 2.